The molecule has 108 valence electrons. The van der Waals surface area contributed by atoms with Gasteiger partial charge in [0.2, 0.25) is 0 Å². The Morgan fingerprint density at radius 1 is 1.25 bits per heavy atom. The normalized spacial score (nSPS) is 12.7. The summed E-state index contributed by atoms with van der Waals surface area (Å²) in [4.78, 5) is 4.51. The van der Waals surface area contributed by atoms with Gasteiger partial charge in [0, 0.05) is 18.7 Å². The molecule has 20 heavy (non-hydrogen) atoms. The number of ether oxygens (including phenoxy) is 2. The lowest BCUT2D eigenvalue weighted by Gasteiger charge is -2.18. The molecule has 2 rings (SSSR count). The van der Waals surface area contributed by atoms with Crippen LogP contribution >= 0.6 is 0 Å². The van der Waals surface area contributed by atoms with Crippen LogP contribution in [0.4, 0.5) is 0 Å². The highest BCUT2D eigenvalue weighted by Gasteiger charge is 2.11. The lowest BCUT2D eigenvalue weighted by atomic mass is 10.1. The Kier molecular flexibility index (Phi) is 5.92. The van der Waals surface area contributed by atoms with Gasteiger partial charge in [0.1, 0.15) is 0 Å². The molecule has 2 aromatic rings. The molecule has 0 amide bonds. The molecule has 0 bridgehead atoms. The molecule has 0 aliphatic carbocycles. The van der Waals surface area contributed by atoms with Gasteiger partial charge in [-0.3, -0.25) is 4.98 Å². The predicted molar refractivity (Wildman–Crippen MR) is 80.9 cm³/mol. The number of nitrogens with zero attached hydrogens (tertiary/aromatic N) is 1. The van der Waals surface area contributed by atoms with Crippen LogP contribution < -0.4 is 5.32 Å². The van der Waals surface area contributed by atoms with E-state index in [9.17, 15) is 0 Å². The fraction of sp³-hybridized carbons (Fsp3) is 0.438. The Bertz CT molecular complexity index is 531. The minimum Gasteiger partial charge on any atom is -0.382 e. The number of aromatic nitrogens is 1. The standard InChI is InChI=1S/C16H22N2O2/c1-3-17-16(12-20-9-8-19-2)14-10-13-6-4-5-7-15(13)18-11-14/h4-7,10-11,16-17H,3,8-9,12H2,1-2H3. The van der Waals surface area contributed by atoms with Crippen LogP contribution in [0.2, 0.25) is 0 Å². The maximum absolute atomic E-state index is 5.64. The van der Waals surface area contributed by atoms with Gasteiger partial charge >= 0.3 is 0 Å². The summed E-state index contributed by atoms with van der Waals surface area (Å²) in [7, 11) is 1.68. The van der Waals surface area contributed by atoms with Crippen molar-refractivity contribution < 1.29 is 9.47 Å². The van der Waals surface area contributed by atoms with Crippen LogP contribution in [-0.2, 0) is 9.47 Å². The molecule has 0 fully saturated rings. The molecular weight excluding hydrogens is 252 g/mol. The highest BCUT2D eigenvalue weighted by atomic mass is 16.5. The highest BCUT2D eigenvalue weighted by Crippen LogP contribution is 2.18. The number of benzene rings is 1. The third-order valence-electron chi connectivity index (χ3n) is 3.18. The van der Waals surface area contributed by atoms with Crippen LogP contribution in [0.15, 0.2) is 36.5 Å². The molecule has 1 atom stereocenters. The van der Waals surface area contributed by atoms with Crippen LogP contribution in [0.1, 0.15) is 18.5 Å². The lowest BCUT2D eigenvalue weighted by molar-refractivity contribution is 0.0588. The zero-order valence-electron chi connectivity index (χ0n) is 12.1. The van der Waals surface area contributed by atoms with Gasteiger partial charge in [-0.15, -0.1) is 0 Å². The first-order valence-corrected chi connectivity index (χ1v) is 7.00. The molecule has 1 unspecified atom stereocenters. The second kappa shape index (κ2) is 7.94. The fourth-order valence-electron chi connectivity index (χ4n) is 2.14. The van der Waals surface area contributed by atoms with E-state index in [0.29, 0.717) is 19.8 Å². The number of nitrogens with one attached hydrogen (secondary N) is 1. The Balaban J connectivity index is 2.09. The second-order valence-electron chi connectivity index (χ2n) is 4.64. The van der Waals surface area contributed by atoms with E-state index >= 15 is 0 Å². The lowest BCUT2D eigenvalue weighted by Crippen LogP contribution is -2.26. The van der Waals surface area contributed by atoms with Gasteiger partial charge in [-0.25, -0.2) is 0 Å². The summed E-state index contributed by atoms with van der Waals surface area (Å²) in [5, 5.41) is 4.59. The van der Waals surface area contributed by atoms with E-state index in [1.807, 2.05) is 24.4 Å². The quantitative estimate of drug-likeness (QED) is 0.751. The number of rotatable bonds is 8. The first kappa shape index (κ1) is 14.9. The first-order valence-electron chi connectivity index (χ1n) is 7.00. The van der Waals surface area contributed by atoms with Crippen molar-refractivity contribution >= 4 is 10.9 Å². The average Bonchev–Trinajstić information content (AvgIpc) is 2.50. The molecule has 4 heteroatoms. The number of fused-ring (bicyclic) bond motifs is 1. The van der Waals surface area contributed by atoms with Crippen molar-refractivity contribution in [2.75, 3.05) is 33.5 Å². The summed E-state index contributed by atoms with van der Waals surface area (Å²) < 4.78 is 10.6. The number of methoxy groups -OCH3 is 1. The van der Waals surface area contributed by atoms with Crippen molar-refractivity contribution in [2.45, 2.75) is 13.0 Å². The van der Waals surface area contributed by atoms with Gasteiger partial charge in [-0.2, -0.15) is 0 Å². The zero-order valence-corrected chi connectivity index (χ0v) is 12.1. The molecule has 0 spiro atoms. The molecule has 1 N–H and O–H groups in total. The van der Waals surface area contributed by atoms with Gasteiger partial charge in [-0.05, 0) is 24.2 Å². The minimum atomic E-state index is 0.161. The molecule has 0 radical (unpaired) electrons. The van der Waals surface area contributed by atoms with Crippen LogP contribution in [0.5, 0.6) is 0 Å². The van der Waals surface area contributed by atoms with E-state index in [-0.39, 0.29) is 6.04 Å². The van der Waals surface area contributed by atoms with Crippen LogP contribution in [0, 0.1) is 0 Å². The minimum absolute atomic E-state index is 0.161. The molecule has 0 aliphatic rings. The van der Waals surface area contributed by atoms with E-state index in [2.05, 4.69) is 29.4 Å². The SMILES string of the molecule is CCNC(COCCOC)c1cnc2ccccc2c1. The third-order valence-corrected chi connectivity index (χ3v) is 3.18. The summed E-state index contributed by atoms with van der Waals surface area (Å²) in [5.41, 5.74) is 2.18. The number of pyridine rings is 1. The third kappa shape index (κ3) is 4.00. The van der Waals surface area contributed by atoms with Crippen molar-refractivity contribution in [2.24, 2.45) is 0 Å². The average molecular weight is 274 g/mol. The fourth-order valence-corrected chi connectivity index (χ4v) is 2.14. The number of hydrogen-bond donors (Lipinski definition) is 1. The maximum atomic E-state index is 5.64. The second-order valence-corrected chi connectivity index (χ2v) is 4.64. The van der Waals surface area contributed by atoms with Crippen LogP contribution in [-0.4, -0.2) is 38.5 Å². The van der Waals surface area contributed by atoms with Crippen molar-refractivity contribution in [3.63, 3.8) is 0 Å². The van der Waals surface area contributed by atoms with Crippen LogP contribution in [0.25, 0.3) is 10.9 Å². The molecule has 0 saturated heterocycles. The molecule has 1 aromatic heterocycles. The van der Waals surface area contributed by atoms with Crippen molar-refractivity contribution in [1.82, 2.24) is 10.3 Å². The predicted octanol–water partition coefficient (Wildman–Crippen LogP) is 2.55. The zero-order chi connectivity index (χ0) is 14.2. The number of para-hydroxylation sites is 1. The maximum Gasteiger partial charge on any atom is 0.0702 e. The van der Waals surface area contributed by atoms with Crippen molar-refractivity contribution in [3.8, 4) is 0 Å². The Morgan fingerprint density at radius 3 is 2.90 bits per heavy atom. The number of likely N-dealkylation sites (N-methyl/N-ethyl adjacent to an activating group) is 1. The molecular formula is C16H22N2O2. The largest absolute Gasteiger partial charge is 0.382 e. The summed E-state index contributed by atoms with van der Waals surface area (Å²) in [6.07, 6.45) is 1.93. The molecule has 4 nitrogen and oxygen atoms in total. The number of hydrogen-bond acceptors (Lipinski definition) is 4. The van der Waals surface area contributed by atoms with Crippen molar-refractivity contribution in [3.05, 3.63) is 42.1 Å². The molecule has 1 heterocycles. The van der Waals surface area contributed by atoms with E-state index in [0.717, 1.165) is 23.0 Å². The smallest absolute Gasteiger partial charge is 0.0702 e. The summed E-state index contributed by atoms with van der Waals surface area (Å²) in [6, 6.07) is 10.5. The monoisotopic (exact) mass is 274 g/mol. The first-order chi connectivity index (χ1) is 9.85. The van der Waals surface area contributed by atoms with Gasteiger partial charge in [0.05, 0.1) is 31.4 Å². The summed E-state index contributed by atoms with van der Waals surface area (Å²) in [6.45, 7) is 4.84. The van der Waals surface area contributed by atoms with E-state index < -0.39 is 0 Å². The summed E-state index contributed by atoms with van der Waals surface area (Å²) in [5.74, 6) is 0. The van der Waals surface area contributed by atoms with Gasteiger partial charge in [-0.1, -0.05) is 25.1 Å². The molecule has 0 saturated carbocycles. The Hall–Kier alpha value is -1.49. The van der Waals surface area contributed by atoms with Crippen LogP contribution in [0.3, 0.4) is 0 Å². The van der Waals surface area contributed by atoms with Crippen molar-refractivity contribution in [1.29, 1.82) is 0 Å². The Labute approximate surface area is 120 Å². The van der Waals surface area contributed by atoms with E-state index in [4.69, 9.17) is 9.47 Å². The van der Waals surface area contributed by atoms with E-state index in [1.54, 1.807) is 7.11 Å². The molecule has 1 aromatic carbocycles. The van der Waals surface area contributed by atoms with Gasteiger partial charge < -0.3 is 14.8 Å². The highest BCUT2D eigenvalue weighted by molar-refractivity contribution is 5.78. The Morgan fingerprint density at radius 2 is 2.10 bits per heavy atom. The van der Waals surface area contributed by atoms with E-state index in [1.165, 1.54) is 0 Å². The van der Waals surface area contributed by atoms with Gasteiger partial charge in [0.25, 0.3) is 0 Å². The summed E-state index contributed by atoms with van der Waals surface area (Å²) >= 11 is 0. The van der Waals surface area contributed by atoms with Gasteiger partial charge in [0.15, 0.2) is 0 Å². The molecule has 0 aliphatic heterocycles. The topological polar surface area (TPSA) is 43.4 Å².